The summed E-state index contributed by atoms with van der Waals surface area (Å²) in [5.41, 5.74) is 7.57. The zero-order chi connectivity index (χ0) is 21.7. The van der Waals surface area contributed by atoms with Gasteiger partial charge in [0.2, 0.25) is 11.8 Å². The van der Waals surface area contributed by atoms with Crippen molar-refractivity contribution in [1.29, 1.82) is 0 Å². The van der Waals surface area contributed by atoms with Crippen LogP contribution in [0.4, 0.5) is 0 Å². The Morgan fingerprint density at radius 2 is 1.80 bits per heavy atom. The minimum Gasteiger partial charge on any atom is -0.483 e. The van der Waals surface area contributed by atoms with E-state index in [9.17, 15) is 14.4 Å². The van der Waals surface area contributed by atoms with Gasteiger partial charge in [0.25, 0.3) is 5.91 Å². The van der Waals surface area contributed by atoms with Gasteiger partial charge in [0, 0.05) is 24.0 Å². The molecule has 2 aromatic carbocycles. The molecule has 1 fully saturated rings. The fourth-order valence-electron chi connectivity index (χ4n) is 3.44. The number of hydrogen-bond donors (Lipinski definition) is 2. The molecular formula is C22H24BrN3O4. The van der Waals surface area contributed by atoms with Gasteiger partial charge >= 0.3 is 0 Å². The van der Waals surface area contributed by atoms with Crippen molar-refractivity contribution in [2.75, 3.05) is 13.2 Å². The van der Waals surface area contributed by atoms with Crippen LogP contribution in [0.15, 0.2) is 46.9 Å². The standard InChI is InChI=1S/C22H24BrN3O4/c1-14-8-18(23)9-15(2)21(14)30-13-19(27)24-25-22(29)17-10-20(28)26(12-17)11-16-6-4-3-5-7-16/h3-9,17H,10-13H2,1-2H3,(H,24,27)(H,25,29). The summed E-state index contributed by atoms with van der Waals surface area (Å²) in [6.45, 7) is 4.35. The lowest BCUT2D eigenvalue weighted by Crippen LogP contribution is -2.46. The second-order valence-electron chi connectivity index (χ2n) is 7.36. The number of nitrogens with zero attached hydrogens (tertiary/aromatic N) is 1. The lowest BCUT2D eigenvalue weighted by Gasteiger charge is -2.17. The zero-order valence-electron chi connectivity index (χ0n) is 16.9. The van der Waals surface area contributed by atoms with E-state index in [0.717, 1.165) is 21.2 Å². The van der Waals surface area contributed by atoms with Gasteiger partial charge in [0.05, 0.1) is 5.92 Å². The van der Waals surface area contributed by atoms with Crippen LogP contribution in [-0.2, 0) is 20.9 Å². The number of ether oxygens (including phenoxy) is 1. The number of carbonyl (C=O) groups is 3. The maximum atomic E-state index is 12.4. The Hall–Kier alpha value is -2.87. The van der Waals surface area contributed by atoms with Crippen LogP contribution in [-0.4, -0.2) is 35.8 Å². The normalized spacial score (nSPS) is 15.8. The van der Waals surface area contributed by atoms with Crippen molar-refractivity contribution in [2.45, 2.75) is 26.8 Å². The Kier molecular flexibility index (Phi) is 7.10. The third kappa shape index (κ3) is 5.60. The van der Waals surface area contributed by atoms with E-state index in [1.807, 2.05) is 56.3 Å². The van der Waals surface area contributed by atoms with Crippen molar-refractivity contribution >= 4 is 33.7 Å². The second kappa shape index (κ2) is 9.75. The summed E-state index contributed by atoms with van der Waals surface area (Å²) >= 11 is 3.42. The molecule has 1 aliphatic heterocycles. The first kappa shape index (κ1) is 21.8. The summed E-state index contributed by atoms with van der Waals surface area (Å²) in [7, 11) is 0. The van der Waals surface area contributed by atoms with Gasteiger partial charge in [-0.05, 0) is 42.7 Å². The van der Waals surface area contributed by atoms with E-state index in [1.54, 1.807) is 4.90 Å². The van der Waals surface area contributed by atoms with Gasteiger partial charge in [-0.15, -0.1) is 0 Å². The average molecular weight is 474 g/mol. The van der Waals surface area contributed by atoms with Crippen LogP contribution in [0, 0.1) is 19.8 Å². The van der Waals surface area contributed by atoms with Gasteiger partial charge < -0.3 is 9.64 Å². The van der Waals surface area contributed by atoms with E-state index < -0.39 is 11.8 Å². The molecule has 1 saturated heterocycles. The fraction of sp³-hybridized carbons (Fsp3) is 0.318. The molecule has 3 amide bonds. The van der Waals surface area contributed by atoms with Crippen LogP contribution in [0.5, 0.6) is 5.75 Å². The fourth-order valence-corrected chi connectivity index (χ4v) is 4.12. The molecule has 1 unspecified atom stereocenters. The Morgan fingerprint density at radius 1 is 1.13 bits per heavy atom. The van der Waals surface area contributed by atoms with Gasteiger partial charge in [0.15, 0.2) is 6.61 Å². The summed E-state index contributed by atoms with van der Waals surface area (Å²) in [6, 6.07) is 13.4. The number of benzene rings is 2. The molecular weight excluding hydrogens is 450 g/mol. The third-order valence-electron chi connectivity index (χ3n) is 4.90. The van der Waals surface area contributed by atoms with Gasteiger partial charge in [0.1, 0.15) is 5.75 Å². The molecule has 158 valence electrons. The number of rotatable bonds is 6. The van der Waals surface area contributed by atoms with Gasteiger partial charge in [-0.3, -0.25) is 25.2 Å². The number of nitrogens with one attached hydrogen (secondary N) is 2. The highest BCUT2D eigenvalue weighted by Gasteiger charge is 2.34. The highest BCUT2D eigenvalue weighted by atomic mass is 79.9. The number of halogens is 1. The Balaban J connectivity index is 1.45. The third-order valence-corrected chi connectivity index (χ3v) is 5.36. The maximum Gasteiger partial charge on any atom is 0.276 e. The van der Waals surface area contributed by atoms with Crippen molar-refractivity contribution in [3.05, 3.63) is 63.6 Å². The number of likely N-dealkylation sites (tertiary alicyclic amines) is 1. The first-order valence-electron chi connectivity index (χ1n) is 9.63. The molecule has 1 atom stereocenters. The molecule has 8 heteroatoms. The smallest absolute Gasteiger partial charge is 0.276 e. The number of carbonyl (C=O) groups excluding carboxylic acids is 3. The Bertz CT molecular complexity index is 926. The monoisotopic (exact) mass is 473 g/mol. The van der Waals surface area contributed by atoms with Crippen LogP contribution >= 0.6 is 15.9 Å². The van der Waals surface area contributed by atoms with E-state index in [2.05, 4.69) is 26.8 Å². The molecule has 0 spiro atoms. The maximum absolute atomic E-state index is 12.4. The molecule has 1 aliphatic rings. The summed E-state index contributed by atoms with van der Waals surface area (Å²) in [6.07, 6.45) is 0.127. The molecule has 30 heavy (non-hydrogen) atoms. The second-order valence-corrected chi connectivity index (χ2v) is 8.27. The molecule has 2 N–H and O–H groups in total. The SMILES string of the molecule is Cc1cc(Br)cc(C)c1OCC(=O)NNC(=O)C1CC(=O)N(Cc2ccccc2)C1. The van der Waals surface area contributed by atoms with Crippen LogP contribution in [0.2, 0.25) is 0 Å². The lowest BCUT2D eigenvalue weighted by molar-refractivity contribution is -0.132. The Morgan fingerprint density at radius 3 is 2.47 bits per heavy atom. The summed E-state index contributed by atoms with van der Waals surface area (Å²) in [5.74, 6) is -0.801. The molecule has 0 radical (unpaired) electrons. The molecule has 2 aromatic rings. The molecule has 0 aromatic heterocycles. The van der Waals surface area contributed by atoms with E-state index in [-0.39, 0.29) is 24.8 Å². The molecule has 0 aliphatic carbocycles. The predicted molar refractivity (Wildman–Crippen MR) is 115 cm³/mol. The molecule has 7 nitrogen and oxygen atoms in total. The van der Waals surface area contributed by atoms with Crippen molar-refractivity contribution in [3.8, 4) is 5.75 Å². The first-order chi connectivity index (χ1) is 14.3. The zero-order valence-corrected chi connectivity index (χ0v) is 18.5. The summed E-state index contributed by atoms with van der Waals surface area (Å²) < 4.78 is 6.53. The number of amides is 3. The van der Waals surface area contributed by atoms with Crippen LogP contribution < -0.4 is 15.6 Å². The van der Waals surface area contributed by atoms with Crippen LogP contribution in [0.1, 0.15) is 23.1 Å². The van der Waals surface area contributed by atoms with Gasteiger partial charge in [-0.2, -0.15) is 0 Å². The number of hydrazine groups is 1. The average Bonchev–Trinajstić information content (AvgIpc) is 3.06. The van der Waals surface area contributed by atoms with E-state index in [0.29, 0.717) is 18.8 Å². The summed E-state index contributed by atoms with van der Waals surface area (Å²) in [5, 5.41) is 0. The van der Waals surface area contributed by atoms with Gasteiger partial charge in [-0.25, -0.2) is 0 Å². The van der Waals surface area contributed by atoms with Crippen LogP contribution in [0.3, 0.4) is 0 Å². The largest absolute Gasteiger partial charge is 0.483 e. The molecule has 3 rings (SSSR count). The highest BCUT2D eigenvalue weighted by Crippen LogP contribution is 2.27. The van der Waals surface area contributed by atoms with Crippen molar-refractivity contribution in [3.63, 3.8) is 0 Å². The van der Waals surface area contributed by atoms with E-state index in [1.165, 1.54) is 0 Å². The van der Waals surface area contributed by atoms with Crippen LogP contribution in [0.25, 0.3) is 0 Å². The van der Waals surface area contributed by atoms with Gasteiger partial charge in [-0.1, -0.05) is 46.3 Å². The van der Waals surface area contributed by atoms with Crippen molar-refractivity contribution in [1.82, 2.24) is 15.8 Å². The molecule has 0 bridgehead atoms. The molecule has 1 heterocycles. The highest BCUT2D eigenvalue weighted by molar-refractivity contribution is 9.10. The topological polar surface area (TPSA) is 87.7 Å². The first-order valence-corrected chi connectivity index (χ1v) is 10.4. The van der Waals surface area contributed by atoms with Crippen molar-refractivity contribution < 1.29 is 19.1 Å². The van der Waals surface area contributed by atoms with E-state index in [4.69, 9.17) is 4.74 Å². The minimum absolute atomic E-state index is 0.0742. The quantitative estimate of drug-likeness (QED) is 0.631. The number of aryl methyl sites for hydroxylation is 2. The lowest BCUT2D eigenvalue weighted by atomic mass is 10.1. The summed E-state index contributed by atoms with van der Waals surface area (Å²) in [4.78, 5) is 38.3. The predicted octanol–water partition coefficient (Wildman–Crippen LogP) is 2.64. The number of hydrogen-bond acceptors (Lipinski definition) is 4. The minimum atomic E-state index is -0.501. The Labute approximate surface area is 183 Å². The van der Waals surface area contributed by atoms with Crippen molar-refractivity contribution in [2.24, 2.45) is 5.92 Å². The van der Waals surface area contributed by atoms with E-state index >= 15 is 0 Å². The molecule has 0 saturated carbocycles.